The molecule has 30 heavy (non-hydrogen) atoms. The van der Waals surface area contributed by atoms with E-state index in [1.807, 2.05) is 26.8 Å². The molecule has 1 aliphatic rings. The minimum atomic E-state index is -0.639. The third-order valence-corrected chi connectivity index (χ3v) is 4.62. The molecule has 1 amide bonds. The number of carbonyl (C=O) groups is 1. The number of pyridine rings is 1. The van der Waals surface area contributed by atoms with Crippen LogP contribution in [0.15, 0.2) is 36.4 Å². The van der Waals surface area contributed by atoms with Crippen LogP contribution in [0.3, 0.4) is 0 Å². The van der Waals surface area contributed by atoms with Gasteiger partial charge in [-0.1, -0.05) is 23.7 Å². The number of hydrogen-bond acceptors (Lipinski definition) is 4. The molecule has 0 bridgehead atoms. The summed E-state index contributed by atoms with van der Waals surface area (Å²) in [4.78, 5) is 18.0. The number of amides is 1. The highest BCUT2D eigenvalue weighted by Crippen LogP contribution is 2.26. The monoisotopic (exact) mass is 436 g/mol. The maximum Gasteiger partial charge on any atom is 0.410 e. The number of aromatic nitrogens is 1. The third-order valence-electron chi connectivity index (χ3n) is 4.38. The standard InChI is InChI=1S/C22H23ClF2N2O3/c1-22(2,3)30-21(28)27-10-8-14(9-11-27)19-7-6-17(24)20(26-19)29-13-15-4-5-16(23)12-18(15)25/h4-8,12H,9-11,13H2,1-3H3. The van der Waals surface area contributed by atoms with E-state index < -0.39 is 17.2 Å². The zero-order valence-electron chi connectivity index (χ0n) is 17.0. The van der Waals surface area contributed by atoms with Crippen molar-refractivity contribution < 1.29 is 23.0 Å². The minimum Gasteiger partial charge on any atom is -0.471 e. The molecular weight excluding hydrogens is 414 g/mol. The summed E-state index contributed by atoms with van der Waals surface area (Å²) in [5, 5.41) is 0.271. The van der Waals surface area contributed by atoms with E-state index in [0.717, 1.165) is 5.57 Å². The number of nitrogens with zero attached hydrogens (tertiary/aromatic N) is 2. The first-order valence-corrected chi connectivity index (χ1v) is 9.91. The van der Waals surface area contributed by atoms with Gasteiger partial charge in [-0.05, 0) is 57.0 Å². The van der Waals surface area contributed by atoms with Crippen LogP contribution >= 0.6 is 11.6 Å². The van der Waals surface area contributed by atoms with Gasteiger partial charge in [-0.3, -0.25) is 0 Å². The summed E-state index contributed by atoms with van der Waals surface area (Å²) in [6, 6.07) is 7.00. The van der Waals surface area contributed by atoms with Crippen LogP contribution in [-0.2, 0) is 11.3 Å². The molecule has 0 radical (unpaired) electrons. The molecule has 8 heteroatoms. The van der Waals surface area contributed by atoms with Crippen molar-refractivity contribution >= 4 is 23.3 Å². The van der Waals surface area contributed by atoms with Crippen LogP contribution in [0.25, 0.3) is 5.57 Å². The first-order chi connectivity index (χ1) is 14.1. The lowest BCUT2D eigenvalue weighted by atomic mass is 10.0. The number of halogens is 3. The zero-order chi connectivity index (χ0) is 21.9. The summed E-state index contributed by atoms with van der Waals surface area (Å²) in [6.45, 7) is 6.10. The molecule has 0 saturated heterocycles. The zero-order valence-corrected chi connectivity index (χ0v) is 17.8. The second-order valence-electron chi connectivity index (χ2n) is 7.91. The van der Waals surface area contributed by atoms with Gasteiger partial charge in [-0.15, -0.1) is 0 Å². The van der Waals surface area contributed by atoms with Crippen molar-refractivity contribution in [3.05, 3.63) is 64.3 Å². The van der Waals surface area contributed by atoms with Gasteiger partial charge in [0.2, 0.25) is 0 Å². The quantitative estimate of drug-likeness (QED) is 0.624. The van der Waals surface area contributed by atoms with Crippen molar-refractivity contribution in [1.29, 1.82) is 0 Å². The number of rotatable bonds is 4. The normalized spacial score (nSPS) is 14.3. The van der Waals surface area contributed by atoms with Crippen LogP contribution in [0.5, 0.6) is 5.88 Å². The molecule has 0 spiro atoms. The predicted octanol–water partition coefficient (Wildman–Crippen LogP) is 5.62. The highest BCUT2D eigenvalue weighted by Gasteiger charge is 2.24. The molecule has 0 unspecified atom stereocenters. The van der Waals surface area contributed by atoms with Crippen LogP contribution < -0.4 is 4.74 Å². The Morgan fingerprint density at radius 3 is 2.60 bits per heavy atom. The Labute approximate surface area is 179 Å². The van der Waals surface area contributed by atoms with E-state index in [2.05, 4.69) is 4.98 Å². The van der Waals surface area contributed by atoms with E-state index in [9.17, 15) is 13.6 Å². The van der Waals surface area contributed by atoms with Gasteiger partial charge in [0.1, 0.15) is 18.0 Å². The number of hydrogen-bond donors (Lipinski definition) is 0. The van der Waals surface area contributed by atoms with E-state index in [0.29, 0.717) is 25.2 Å². The van der Waals surface area contributed by atoms with E-state index in [1.165, 1.54) is 24.3 Å². The van der Waals surface area contributed by atoms with Gasteiger partial charge < -0.3 is 14.4 Å². The number of carbonyl (C=O) groups excluding carboxylic acids is 1. The van der Waals surface area contributed by atoms with Gasteiger partial charge in [0.05, 0.1) is 5.69 Å². The van der Waals surface area contributed by atoms with E-state index in [4.69, 9.17) is 21.1 Å². The molecule has 3 rings (SSSR count). The average molecular weight is 437 g/mol. The molecule has 1 aromatic heterocycles. The second-order valence-corrected chi connectivity index (χ2v) is 8.35. The molecule has 5 nitrogen and oxygen atoms in total. The summed E-state index contributed by atoms with van der Waals surface area (Å²) in [5.41, 5.74) is 1.11. The lowest BCUT2D eigenvalue weighted by molar-refractivity contribution is 0.0270. The SMILES string of the molecule is CC(C)(C)OC(=O)N1CC=C(c2ccc(F)c(OCc3ccc(Cl)cc3F)n2)CC1. The minimum absolute atomic E-state index is 0.179. The fraction of sp³-hybridized carbons (Fsp3) is 0.364. The van der Waals surface area contributed by atoms with Gasteiger partial charge in [-0.25, -0.2) is 18.6 Å². The lowest BCUT2D eigenvalue weighted by Crippen LogP contribution is -2.39. The molecule has 0 atom stereocenters. The van der Waals surface area contributed by atoms with Crippen molar-refractivity contribution in [1.82, 2.24) is 9.88 Å². The van der Waals surface area contributed by atoms with E-state index >= 15 is 0 Å². The molecule has 160 valence electrons. The summed E-state index contributed by atoms with van der Waals surface area (Å²) in [6.07, 6.45) is 2.03. The molecule has 0 fully saturated rings. The average Bonchev–Trinajstić information content (AvgIpc) is 2.67. The van der Waals surface area contributed by atoms with Crippen molar-refractivity contribution in [3.63, 3.8) is 0 Å². The van der Waals surface area contributed by atoms with Crippen molar-refractivity contribution in [2.24, 2.45) is 0 Å². The van der Waals surface area contributed by atoms with Gasteiger partial charge in [0, 0.05) is 23.7 Å². The Morgan fingerprint density at radius 1 is 1.20 bits per heavy atom. The molecule has 0 aliphatic carbocycles. The Bertz CT molecular complexity index is 973. The van der Waals surface area contributed by atoms with E-state index in [1.54, 1.807) is 11.0 Å². The fourth-order valence-electron chi connectivity index (χ4n) is 2.88. The van der Waals surface area contributed by atoms with Crippen molar-refractivity contribution in [3.8, 4) is 5.88 Å². The largest absolute Gasteiger partial charge is 0.471 e. The van der Waals surface area contributed by atoms with Crippen molar-refractivity contribution in [2.45, 2.75) is 39.4 Å². The number of ether oxygens (including phenoxy) is 2. The van der Waals surface area contributed by atoms with Crippen LogP contribution in [0.4, 0.5) is 13.6 Å². The predicted molar refractivity (Wildman–Crippen MR) is 110 cm³/mol. The number of benzene rings is 1. The second kappa shape index (κ2) is 9.00. The molecule has 1 aromatic carbocycles. The van der Waals surface area contributed by atoms with Gasteiger partial charge in [0.25, 0.3) is 5.88 Å². The fourth-order valence-corrected chi connectivity index (χ4v) is 3.04. The highest BCUT2D eigenvalue weighted by molar-refractivity contribution is 6.30. The topological polar surface area (TPSA) is 51.7 Å². The summed E-state index contributed by atoms with van der Waals surface area (Å²) in [7, 11) is 0. The Hall–Kier alpha value is -2.67. The maximum atomic E-state index is 14.1. The molecule has 2 aromatic rings. The maximum absolute atomic E-state index is 14.1. The van der Waals surface area contributed by atoms with Crippen LogP contribution in [0.2, 0.25) is 5.02 Å². The molecule has 1 aliphatic heterocycles. The smallest absolute Gasteiger partial charge is 0.410 e. The first-order valence-electron chi connectivity index (χ1n) is 9.53. The molecular formula is C22H23ClF2N2O3. The highest BCUT2D eigenvalue weighted by atomic mass is 35.5. The summed E-state index contributed by atoms with van der Waals surface area (Å²) in [5.74, 6) is -1.38. The summed E-state index contributed by atoms with van der Waals surface area (Å²) >= 11 is 5.74. The van der Waals surface area contributed by atoms with Crippen LogP contribution in [-0.4, -0.2) is 34.7 Å². The van der Waals surface area contributed by atoms with Gasteiger partial charge in [0.15, 0.2) is 5.82 Å². The molecule has 0 N–H and O–H groups in total. The Kier molecular flexibility index (Phi) is 6.61. The van der Waals surface area contributed by atoms with Crippen LogP contribution in [0, 0.1) is 11.6 Å². The van der Waals surface area contributed by atoms with Gasteiger partial charge >= 0.3 is 6.09 Å². The summed E-state index contributed by atoms with van der Waals surface area (Å²) < 4.78 is 38.8. The van der Waals surface area contributed by atoms with E-state index in [-0.39, 0.29) is 29.2 Å². The van der Waals surface area contributed by atoms with Crippen LogP contribution in [0.1, 0.15) is 38.4 Å². The third kappa shape index (κ3) is 5.69. The molecule has 2 heterocycles. The van der Waals surface area contributed by atoms with Gasteiger partial charge in [-0.2, -0.15) is 0 Å². The lowest BCUT2D eigenvalue weighted by Gasteiger charge is -2.29. The Balaban J connectivity index is 1.68. The molecule has 0 saturated carbocycles. The van der Waals surface area contributed by atoms with Crippen molar-refractivity contribution in [2.75, 3.05) is 13.1 Å². The Morgan fingerprint density at radius 2 is 1.97 bits per heavy atom. The first kappa shape index (κ1) is 22.0.